The van der Waals surface area contributed by atoms with Gasteiger partial charge in [0.2, 0.25) is 0 Å². The van der Waals surface area contributed by atoms with Crippen LogP contribution in [0, 0.1) is 5.82 Å². The predicted molar refractivity (Wildman–Crippen MR) is 86.7 cm³/mol. The van der Waals surface area contributed by atoms with E-state index in [4.69, 9.17) is 0 Å². The number of urea groups is 1. The van der Waals surface area contributed by atoms with E-state index in [9.17, 15) is 9.18 Å². The topological polar surface area (TPSA) is 74.2 Å². The standard InChI is InChI=1S/C16H19FN6O/c1-22(11-15-19-5-2-6-20-15)12-4-8-23(10-12)16(24)21-14-3-7-18-9-13(14)17/h2-3,5-7,9,12H,4,8,10-11H2,1H3,(H,18,21,24)/t12-/m0/s1. The lowest BCUT2D eigenvalue weighted by molar-refractivity contribution is 0.206. The summed E-state index contributed by atoms with van der Waals surface area (Å²) in [6.07, 6.45) is 6.81. The van der Waals surface area contributed by atoms with E-state index in [1.807, 2.05) is 7.05 Å². The maximum atomic E-state index is 13.6. The Morgan fingerprint density at radius 2 is 2.21 bits per heavy atom. The van der Waals surface area contributed by atoms with Gasteiger partial charge in [0.05, 0.1) is 18.4 Å². The molecular weight excluding hydrogens is 311 g/mol. The van der Waals surface area contributed by atoms with E-state index in [-0.39, 0.29) is 17.8 Å². The molecule has 1 atom stereocenters. The van der Waals surface area contributed by atoms with Gasteiger partial charge in [-0.3, -0.25) is 9.88 Å². The number of pyridine rings is 1. The fraction of sp³-hybridized carbons (Fsp3) is 0.375. The summed E-state index contributed by atoms with van der Waals surface area (Å²) < 4.78 is 13.6. The molecule has 2 aromatic heterocycles. The first-order valence-corrected chi connectivity index (χ1v) is 7.75. The van der Waals surface area contributed by atoms with E-state index in [1.165, 1.54) is 12.3 Å². The number of aromatic nitrogens is 3. The fourth-order valence-corrected chi connectivity index (χ4v) is 2.72. The molecule has 0 aromatic carbocycles. The number of rotatable bonds is 4. The number of hydrogen-bond acceptors (Lipinski definition) is 5. The summed E-state index contributed by atoms with van der Waals surface area (Å²) in [4.78, 5) is 28.2. The van der Waals surface area contributed by atoms with Crippen LogP contribution in [0.4, 0.5) is 14.9 Å². The Morgan fingerprint density at radius 1 is 1.42 bits per heavy atom. The molecule has 1 aliphatic heterocycles. The van der Waals surface area contributed by atoms with Crippen molar-refractivity contribution in [3.05, 3.63) is 48.6 Å². The first-order chi connectivity index (χ1) is 11.6. The number of carbonyl (C=O) groups excluding carboxylic acids is 1. The number of likely N-dealkylation sites (N-methyl/N-ethyl adjacent to an activating group) is 1. The molecule has 1 saturated heterocycles. The lowest BCUT2D eigenvalue weighted by Gasteiger charge is -2.24. The van der Waals surface area contributed by atoms with Crippen molar-refractivity contribution in [1.29, 1.82) is 0 Å². The van der Waals surface area contributed by atoms with Gasteiger partial charge in [0.25, 0.3) is 0 Å². The van der Waals surface area contributed by atoms with E-state index in [0.29, 0.717) is 19.6 Å². The minimum absolute atomic E-state index is 0.143. The number of nitrogens with one attached hydrogen (secondary N) is 1. The molecular formula is C16H19FN6O. The maximum Gasteiger partial charge on any atom is 0.321 e. The van der Waals surface area contributed by atoms with Crippen LogP contribution in [0.1, 0.15) is 12.2 Å². The molecule has 2 aromatic rings. The quantitative estimate of drug-likeness (QED) is 0.924. The maximum absolute atomic E-state index is 13.6. The molecule has 0 radical (unpaired) electrons. The third kappa shape index (κ3) is 3.83. The van der Waals surface area contributed by atoms with Gasteiger partial charge in [-0.15, -0.1) is 0 Å². The zero-order valence-corrected chi connectivity index (χ0v) is 13.4. The van der Waals surface area contributed by atoms with Crippen LogP contribution in [0.5, 0.6) is 0 Å². The van der Waals surface area contributed by atoms with Gasteiger partial charge >= 0.3 is 6.03 Å². The van der Waals surface area contributed by atoms with Crippen molar-refractivity contribution in [3.63, 3.8) is 0 Å². The molecule has 126 valence electrons. The second-order valence-corrected chi connectivity index (χ2v) is 5.75. The van der Waals surface area contributed by atoms with Crippen molar-refractivity contribution >= 4 is 11.7 Å². The molecule has 24 heavy (non-hydrogen) atoms. The Bertz CT molecular complexity index is 698. The van der Waals surface area contributed by atoms with Crippen LogP contribution >= 0.6 is 0 Å². The summed E-state index contributed by atoms with van der Waals surface area (Å²) in [5.41, 5.74) is 0.143. The summed E-state index contributed by atoms with van der Waals surface area (Å²) in [5, 5.41) is 2.59. The molecule has 3 heterocycles. The summed E-state index contributed by atoms with van der Waals surface area (Å²) in [6, 6.07) is 3.15. The van der Waals surface area contributed by atoms with Crippen LogP contribution < -0.4 is 5.32 Å². The summed E-state index contributed by atoms with van der Waals surface area (Å²) in [6.45, 7) is 1.84. The molecule has 2 amide bonds. The lowest BCUT2D eigenvalue weighted by atomic mass is 10.2. The average molecular weight is 330 g/mol. The zero-order chi connectivity index (χ0) is 16.9. The Kier molecular flexibility index (Phi) is 4.95. The van der Waals surface area contributed by atoms with Gasteiger partial charge < -0.3 is 10.2 Å². The highest BCUT2D eigenvalue weighted by Crippen LogP contribution is 2.18. The van der Waals surface area contributed by atoms with Crippen LogP contribution in [-0.2, 0) is 6.54 Å². The molecule has 0 aliphatic carbocycles. The van der Waals surface area contributed by atoms with E-state index in [0.717, 1.165) is 18.4 Å². The van der Waals surface area contributed by atoms with Crippen molar-refractivity contribution in [2.45, 2.75) is 19.0 Å². The number of halogens is 1. The molecule has 0 spiro atoms. The molecule has 7 nitrogen and oxygen atoms in total. The van der Waals surface area contributed by atoms with Gasteiger partial charge in [0.1, 0.15) is 5.82 Å². The molecule has 1 fully saturated rings. The first-order valence-electron chi connectivity index (χ1n) is 7.75. The zero-order valence-electron chi connectivity index (χ0n) is 13.4. The van der Waals surface area contributed by atoms with Gasteiger partial charge in [-0.1, -0.05) is 0 Å². The molecule has 0 saturated carbocycles. The molecule has 0 unspecified atom stereocenters. The lowest BCUT2D eigenvalue weighted by Crippen LogP contribution is -2.38. The molecule has 1 aliphatic rings. The van der Waals surface area contributed by atoms with Crippen molar-refractivity contribution in [1.82, 2.24) is 24.8 Å². The summed E-state index contributed by atoms with van der Waals surface area (Å²) in [7, 11) is 1.99. The average Bonchev–Trinajstić information content (AvgIpc) is 3.08. The minimum atomic E-state index is -0.542. The second kappa shape index (κ2) is 7.31. The monoisotopic (exact) mass is 330 g/mol. The Balaban J connectivity index is 1.55. The number of hydrogen-bond donors (Lipinski definition) is 1. The highest BCUT2D eigenvalue weighted by molar-refractivity contribution is 5.89. The van der Waals surface area contributed by atoms with Crippen molar-refractivity contribution in [2.24, 2.45) is 0 Å². The summed E-state index contributed by atoms with van der Waals surface area (Å²) >= 11 is 0. The van der Waals surface area contributed by atoms with Gasteiger partial charge in [-0.25, -0.2) is 19.2 Å². The Labute approximate surface area is 139 Å². The first kappa shape index (κ1) is 16.3. The smallest absolute Gasteiger partial charge is 0.321 e. The van der Waals surface area contributed by atoms with Gasteiger partial charge in [0.15, 0.2) is 5.82 Å². The van der Waals surface area contributed by atoms with E-state index < -0.39 is 5.82 Å². The number of amides is 2. The second-order valence-electron chi connectivity index (χ2n) is 5.75. The number of carbonyl (C=O) groups is 1. The van der Waals surface area contributed by atoms with Crippen molar-refractivity contribution in [3.8, 4) is 0 Å². The largest absolute Gasteiger partial charge is 0.323 e. The number of nitrogens with zero attached hydrogens (tertiary/aromatic N) is 5. The van der Waals surface area contributed by atoms with Crippen molar-refractivity contribution in [2.75, 3.05) is 25.5 Å². The van der Waals surface area contributed by atoms with Gasteiger partial charge in [0, 0.05) is 37.7 Å². The highest BCUT2D eigenvalue weighted by atomic mass is 19.1. The van der Waals surface area contributed by atoms with Crippen LogP contribution in [0.3, 0.4) is 0 Å². The molecule has 1 N–H and O–H groups in total. The van der Waals surface area contributed by atoms with Crippen molar-refractivity contribution < 1.29 is 9.18 Å². The van der Waals surface area contributed by atoms with Crippen LogP contribution in [-0.4, -0.2) is 57.0 Å². The Hall–Kier alpha value is -2.61. The third-order valence-electron chi connectivity index (χ3n) is 4.10. The fourth-order valence-electron chi connectivity index (χ4n) is 2.72. The van der Waals surface area contributed by atoms with E-state index >= 15 is 0 Å². The normalized spacial score (nSPS) is 17.3. The Morgan fingerprint density at radius 3 is 2.96 bits per heavy atom. The van der Waals surface area contributed by atoms with Crippen LogP contribution in [0.25, 0.3) is 0 Å². The van der Waals surface area contributed by atoms with Crippen LogP contribution in [0.2, 0.25) is 0 Å². The third-order valence-corrected chi connectivity index (χ3v) is 4.10. The predicted octanol–water partition coefficient (Wildman–Crippen LogP) is 1.75. The van der Waals surface area contributed by atoms with Gasteiger partial charge in [-0.2, -0.15) is 0 Å². The molecule has 8 heteroatoms. The number of anilines is 1. The van der Waals surface area contributed by atoms with Crippen LogP contribution in [0.15, 0.2) is 36.9 Å². The number of likely N-dealkylation sites (tertiary alicyclic amines) is 1. The molecule has 3 rings (SSSR count). The van der Waals surface area contributed by atoms with Gasteiger partial charge in [-0.05, 0) is 25.6 Å². The highest BCUT2D eigenvalue weighted by Gasteiger charge is 2.29. The minimum Gasteiger partial charge on any atom is -0.323 e. The SMILES string of the molecule is CN(Cc1ncccn1)[C@H]1CCN(C(=O)Nc2ccncc2F)C1. The van der Waals surface area contributed by atoms with E-state index in [2.05, 4.69) is 25.2 Å². The molecule has 0 bridgehead atoms. The summed E-state index contributed by atoms with van der Waals surface area (Å²) in [5.74, 6) is 0.210. The van der Waals surface area contributed by atoms with E-state index in [1.54, 1.807) is 23.4 Å².